The molecule has 1 heterocycles. The van der Waals surface area contributed by atoms with Gasteiger partial charge in [-0.2, -0.15) is 0 Å². The van der Waals surface area contributed by atoms with E-state index in [1.165, 1.54) is 0 Å². The SMILES string of the molecule is CCN(CC)CC1(O)CCN(Cc2cc(Br)ccc2OCc2ccc(Cl)cc2)CC1. The summed E-state index contributed by atoms with van der Waals surface area (Å²) in [6, 6.07) is 13.9. The summed E-state index contributed by atoms with van der Waals surface area (Å²) in [5, 5.41) is 11.7. The van der Waals surface area contributed by atoms with Crippen LogP contribution in [-0.4, -0.2) is 53.2 Å². The average molecular weight is 496 g/mol. The molecule has 0 radical (unpaired) electrons. The Bertz CT molecular complexity index is 803. The zero-order valence-electron chi connectivity index (χ0n) is 17.9. The van der Waals surface area contributed by atoms with Crippen molar-refractivity contribution in [3.8, 4) is 5.75 Å². The van der Waals surface area contributed by atoms with Crippen molar-refractivity contribution in [2.24, 2.45) is 0 Å². The van der Waals surface area contributed by atoms with Crippen molar-refractivity contribution < 1.29 is 9.84 Å². The Morgan fingerprint density at radius 3 is 2.40 bits per heavy atom. The number of hydrogen-bond acceptors (Lipinski definition) is 4. The second-order valence-corrected chi connectivity index (χ2v) is 9.48. The first kappa shape index (κ1) is 23.6. The lowest BCUT2D eigenvalue weighted by atomic mass is 9.90. The van der Waals surface area contributed by atoms with E-state index in [1.54, 1.807) is 0 Å². The van der Waals surface area contributed by atoms with Crippen LogP contribution in [0.4, 0.5) is 0 Å². The summed E-state index contributed by atoms with van der Waals surface area (Å²) in [7, 11) is 0. The molecule has 3 rings (SSSR count). The molecule has 0 spiro atoms. The van der Waals surface area contributed by atoms with Crippen LogP contribution in [0, 0.1) is 0 Å². The van der Waals surface area contributed by atoms with Gasteiger partial charge in [-0.15, -0.1) is 0 Å². The molecule has 0 aliphatic carbocycles. The van der Waals surface area contributed by atoms with Crippen molar-refractivity contribution in [1.29, 1.82) is 0 Å². The topological polar surface area (TPSA) is 35.9 Å². The van der Waals surface area contributed by atoms with Crippen molar-refractivity contribution >= 4 is 27.5 Å². The molecule has 30 heavy (non-hydrogen) atoms. The Balaban J connectivity index is 1.60. The van der Waals surface area contributed by atoms with Gasteiger partial charge in [-0.25, -0.2) is 0 Å². The van der Waals surface area contributed by atoms with Crippen molar-refractivity contribution in [3.05, 3.63) is 63.1 Å². The number of likely N-dealkylation sites (tertiary alicyclic amines) is 1. The third kappa shape index (κ3) is 6.69. The predicted octanol–water partition coefficient (Wildman–Crippen LogP) is 5.35. The highest BCUT2D eigenvalue weighted by Gasteiger charge is 2.33. The van der Waals surface area contributed by atoms with Gasteiger partial charge < -0.3 is 14.7 Å². The molecule has 0 aromatic heterocycles. The first-order valence-corrected chi connectivity index (χ1v) is 11.9. The van der Waals surface area contributed by atoms with Crippen LogP contribution in [-0.2, 0) is 13.2 Å². The molecule has 6 heteroatoms. The predicted molar refractivity (Wildman–Crippen MR) is 127 cm³/mol. The zero-order chi connectivity index (χ0) is 21.6. The molecule has 0 atom stereocenters. The van der Waals surface area contributed by atoms with E-state index in [-0.39, 0.29) is 0 Å². The second kappa shape index (κ2) is 11.0. The van der Waals surface area contributed by atoms with Gasteiger partial charge in [0.05, 0.1) is 5.60 Å². The van der Waals surface area contributed by atoms with Crippen molar-refractivity contribution in [1.82, 2.24) is 9.80 Å². The molecule has 0 unspecified atom stereocenters. The fourth-order valence-corrected chi connectivity index (χ4v) is 4.48. The third-order valence-electron chi connectivity index (χ3n) is 5.92. The third-order valence-corrected chi connectivity index (χ3v) is 6.67. The molecule has 0 saturated carbocycles. The van der Waals surface area contributed by atoms with Crippen molar-refractivity contribution in [2.45, 2.75) is 45.4 Å². The molecule has 2 aromatic rings. The lowest BCUT2D eigenvalue weighted by molar-refractivity contribution is -0.0453. The lowest BCUT2D eigenvalue weighted by Gasteiger charge is -2.40. The molecule has 4 nitrogen and oxygen atoms in total. The van der Waals surface area contributed by atoms with Crippen molar-refractivity contribution in [2.75, 3.05) is 32.7 Å². The van der Waals surface area contributed by atoms with E-state index >= 15 is 0 Å². The summed E-state index contributed by atoms with van der Waals surface area (Å²) in [5.41, 5.74) is 1.67. The van der Waals surface area contributed by atoms with Crippen LogP contribution in [0.25, 0.3) is 0 Å². The van der Waals surface area contributed by atoms with Crippen LogP contribution in [0.2, 0.25) is 5.02 Å². The van der Waals surface area contributed by atoms with Crippen LogP contribution in [0.3, 0.4) is 0 Å². The van der Waals surface area contributed by atoms with Crippen LogP contribution < -0.4 is 4.74 Å². The van der Waals surface area contributed by atoms with Gasteiger partial charge in [-0.1, -0.05) is 53.5 Å². The van der Waals surface area contributed by atoms with E-state index < -0.39 is 5.60 Å². The van der Waals surface area contributed by atoms with E-state index in [0.29, 0.717) is 6.61 Å². The van der Waals surface area contributed by atoms with Gasteiger partial charge >= 0.3 is 0 Å². The zero-order valence-corrected chi connectivity index (χ0v) is 20.3. The number of aliphatic hydroxyl groups is 1. The van der Waals surface area contributed by atoms with Gasteiger partial charge in [0.15, 0.2) is 0 Å². The van der Waals surface area contributed by atoms with E-state index in [9.17, 15) is 5.11 Å². The van der Waals surface area contributed by atoms with Gasteiger partial charge in [-0.3, -0.25) is 4.90 Å². The normalized spacial score (nSPS) is 16.7. The molecular formula is C24H32BrClN2O2. The first-order valence-electron chi connectivity index (χ1n) is 10.7. The molecule has 1 saturated heterocycles. The Morgan fingerprint density at radius 2 is 1.77 bits per heavy atom. The first-order chi connectivity index (χ1) is 14.4. The van der Waals surface area contributed by atoms with Crippen LogP contribution in [0.1, 0.15) is 37.8 Å². The molecule has 1 aliphatic rings. The van der Waals surface area contributed by atoms with E-state index in [4.69, 9.17) is 16.3 Å². The fourth-order valence-electron chi connectivity index (χ4n) is 3.94. The highest BCUT2D eigenvalue weighted by molar-refractivity contribution is 9.10. The fraction of sp³-hybridized carbons (Fsp3) is 0.500. The number of ether oxygens (including phenoxy) is 1. The summed E-state index contributed by atoms with van der Waals surface area (Å²) in [5.74, 6) is 0.900. The summed E-state index contributed by atoms with van der Waals surface area (Å²) in [6.45, 7) is 10.1. The van der Waals surface area contributed by atoms with Gasteiger partial charge in [0, 0.05) is 41.2 Å². The Morgan fingerprint density at radius 1 is 1.10 bits per heavy atom. The maximum absolute atomic E-state index is 11.0. The maximum atomic E-state index is 11.0. The molecular weight excluding hydrogens is 464 g/mol. The van der Waals surface area contributed by atoms with Crippen molar-refractivity contribution in [3.63, 3.8) is 0 Å². The summed E-state index contributed by atoms with van der Waals surface area (Å²) in [6.07, 6.45) is 1.61. The minimum atomic E-state index is -0.576. The summed E-state index contributed by atoms with van der Waals surface area (Å²) < 4.78 is 7.18. The average Bonchev–Trinajstić information content (AvgIpc) is 2.74. The molecule has 1 aliphatic heterocycles. The lowest BCUT2D eigenvalue weighted by Crippen LogP contribution is -2.50. The highest BCUT2D eigenvalue weighted by Crippen LogP contribution is 2.29. The summed E-state index contributed by atoms with van der Waals surface area (Å²) in [4.78, 5) is 4.72. The number of benzene rings is 2. The molecule has 1 fully saturated rings. The van der Waals surface area contributed by atoms with Gasteiger partial charge in [0.2, 0.25) is 0 Å². The molecule has 1 N–H and O–H groups in total. The number of hydrogen-bond donors (Lipinski definition) is 1. The largest absolute Gasteiger partial charge is 0.489 e. The van der Waals surface area contributed by atoms with Crippen LogP contribution >= 0.6 is 27.5 Å². The maximum Gasteiger partial charge on any atom is 0.124 e. The summed E-state index contributed by atoms with van der Waals surface area (Å²) >= 11 is 9.56. The minimum absolute atomic E-state index is 0.509. The highest BCUT2D eigenvalue weighted by atomic mass is 79.9. The van der Waals surface area contributed by atoms with E-state index in [1.807, 2.05) is 36.4 Å². The minimum Gasteiger partial charge on any atom is -0.489 e. The Kier molecular flexibility index (Phi) is 8.61. The smallest absolute Gasteiger partial charge is 0.124 e. The van der Waals surface area contributed by atoms with Crippen LogP contribution in [0.15, 0.2) is 46.9 Å². The molecule has 164 valence electrons. The standard InChI is InChI=1S/C24H32BrClN2O2/c1-3-27(4-2)18-24(29)11-13-28(14-12-24)16-20-15-21(25)7-10-23(20)30-17-19-5-8-22(26)9-6-19/h5-10,15,29H,3-4,11-14,16-18H2,1-2H3. The number of likely N-dealkylation sites (N-methyl/N-ethyl adjacent to an activating group) is 1. The molecule has 2 aromatic carbocycles. The number of nitrogens with zero attached hydrogens (tertiary/aromatic N) is 2. The van der Waals surface area contributed by atoms with Gasteiger partial charge in [0.25, 0.3) is 0 Å². The molecule has 0 amide bonds. The second-order valence-electron chi connectivity index (χ2n) is 8.13. The number of rotatable bonds is 9. The monoisotopic (exact) mass is 494 g/mol. The molecule has 0 bridgehead atoms. The van der Waals surface area contributed by atoms with Crippen LogP contribution in [0.5, 0.6) is 5.75 Å². The van der Waals surface area contributed by atoms with E-state index in [2.05, 4.69) is 45.6 Å². The number of halogens is 2. The van der Waals surface area contributed by atoms with E-state index in [0.717, 1.165) is 78.5 Å². The Hall–Kier alpha value is -1.11. The Labute approximate surface area is 193 Å². The van der Waals surface area contributed by atoms with Gasteiger partial charge in [0.1, 0.15) is 12.4 Å². The van der Waals surface area contributed by atoms with Gasteiger partial charge in [-0.05, 0) is 61.8 Å². The quantitative estimate of drug-likeness (QED) is 0.509. The number of piperidine rings is 1.